The molecule has 9 heteroatoms. The molecule has 3 aromatic heterocycles. The van der Waals surface area contributed by atoms with Gasteiger partial charge in [0, 0.05) is 28.2 Å². The van der Waals surface area contributed by atoms with Gasteiger partial charge in [-0.2, -0.15) is 4.98 Å². The van der Waals surface area contributed by atoms with Crippen LogP contribution in [-0.2, 0) is 17.8 Å². The molecule has 5 aromatic rings. The molecule has 2 aromatic carbocycles. The Balaban J connectivity index is 1.52. The summed E-state index contributed by atoms with van der Waals surface area (Å²) in [5, 5.41) is 7.85. The van der Waals surface area contributed by atoms with Gasteiger partial charge in [-0.15, -0.1) is 0 Å². The number of nitrogens with one attached hydrogen (secondary N) is 1. The molecule has 0 saturated heterocycles. The molecule has 0 saturated carbocycles. The van der Waals surface area contributed by atoms with Crippen LogP contribution < -0.4 is 10.7 Å². The quantitative estimate of drug-likeness (QED) is 0.341. The van der Waals surface area contributed by atoms with E-state index in [0.717, 1.165) is 12.1 Å². The zero-order valence-electron chi connectivity index (χ0n) is 19.7. The lowest BCUT2D eigenvalue weighted by Crippen LogP contribution is -2.22. The van der Waals surface area contributed by atoms with Crippen molar-refractivity contribution in [3.63, 3.8) is 0 Å². The number of nitrogens with zero attached hydrogens (tertiary/aromatic N) is 4. The molecule has 0 radical (unpaired) electrons. The molecule has 8 nitrogen and oxygen atoms in total. The Morgan fingerprint density at radius 2 is 1.78 bits per heavy atom. The Morgan fingerprint density at radius 3 is 2.50 bits per heavy atom. The van der Waals surface area contributed by atoms with E-state index in [1.807, 2.05) is 31.2 Å². The van der Waals surface area contributed by atoms with E-state index >= 15 is 0 Å². The molecule has 1 N–H and O–H groups in total. The Hall–Kier alpha value is -4.30. The Morgan fingerprint density at radius 1 is 1.03 bits per heavy atom. The molecule has 0 aliphatic carbocycles. The minimum atomic E-state index is -0.310. The third kappa shape index (κ3) is 4.76. The fourth-order valence-electron chi connectivity index (χ4n) is 3.86. The maximum atomic E-state index is 13.3. The molecule has 0 unspecified atom stereocenters. The molecule has 0 spiro atoms. The normalized spacial score (nSPS) is 11.1. The molecule has 1 amide bonds. The van der Waals surface area contributed by atoms with Gasteiger partial charge in [-0.25, -0.2) is 4.98 Å². The summed E-state index contributed by atoms with van der Waals surface area (Å²) in [5.41, 5.74) is 3.56. The number of halogens is 1. The van der Waals surface area contributed by atoms with Crippen molar-refractivity contribution >= 4 is 34.2 Å². The van der Waals surface area contributed by atoms with Crippen LogP contribution in [0.1, 0.15) is 18.2 Å². The molecular weight excluding hydrogens is 478 g/mol. The fraction of sp³-hybridized carbons (Fsp3) is 0.148. The largest absolute Gasteiger partial charge is 0.333 e. The fourth-order valence-corrected chi connectivity index (χ4v) is 3.99. The monoisotopic (exact) mass is 499 g/mol. The summed E-state index contributed by atoms with van der Waals surface area (Å²) >= 11 is 5.96. The third-order valence-corrected chi connectivity index (χ3v) is 6.03. The van der Waals surface area contributed by atoms with Gasteiger partial charge >= 0.3 is 0 Å². The van der Waals surface area contributed by atoms with Crippen molar-refractivity contribution in [3.8, 4) is 22.8 Å². The van der Waals surface area contributed by atoms with Crippen LogP contribution >= 0.6 is 11.6 Å². The molecule has 5 rings (SSSR count). The van der Waals surface area contributed by atoms with Crippen LogP contribution in [0.15, 0.2) is 76.2 Å². The predicted octanol–water partition coefficient (Wildman–Crippen LogP) is 5.28. The molecule has 180 valence electrons. The second kappa shape index (κ2) is 9.75. The third-order valence-electron chi connectivity index (χ3n) is 5.78. The molecule has 0 bridgehead atoms. The van der Waals surface area contributed by atoms with Crippen molar-refractivity contribution in [2.45, 2.75) is 26.8 Å². The van der Waals surface area contributed by atoms with Crippen molar-refractivity contribution in [2.75, 3.05) is 5.32 Å². The Bertz CT molecular complexity index is 1620. The van der Waals surface area contributed by atoms with Gasteiger partial charge in [0.25, 0.3) is 5.89 Å². The number of aryl methyl sites for hydroxylation is 2. The van der Waals surface area contributed by atoms with Crippen LogP contribution in [0.25, 0.3) is 33.9 Å². The summed E-state index contributed by atoms with van der Waals surface area (Å²) in [6.45, 7) is 3.84. The smallest absolute Gasteiger partial charge is 0.263 e. The summed E-state index contributed by atoms with van der Waals surface area (Å²) < 4.78 is 7.06. The molecular formula is C27H22ClN5O3. The molecule has 36 heavy (non-hydrogen) atoms. The Kier molecular flexibility index (Phi) is 6.35. The first-order chi connectivity index (χ1) is 17.4. The number of hydrogen-bond donors (Lipinski definition) is 1. The van der Waals surface area contributed by atoms with E-state index in [-0.39, 0.29) is 29.3 Å². The van der Waals surface area contributed by atoms with Crippen LogP contribution in [0, 0.1) is 6.92 Å². The lowest BCUT2D eigenvalue weighted by molar-refractivity contribution is -0.116. The summed E-state index contributed by atoms with van der Waals surface area (Å²) in [6.07, 6.45) is 2.46. The summed E-state index contributed by atoms with van der Waals surface area (Å²) in [4.78, 5) is 35.2. The number of carbonyl (C=O) groups excluding carboxylic acids is 1. The number of benzene rings is 2. The van der Waals surface area contributed by atoms with Crippen molar-refractivity contribution < 1.29 is 9.32 Å². The van der Waals surface area contributed by atoms with E-state index in [1.165, 1.54) is 11.8 Å². The van der Waals surface area contributed by atoms with Gasteiger partial charge in [0.15, 0.2) is 0 Å². The van der Waals surface area contributed by atoms with Gasteiger partial charge in [-0.05, 0) is 67.4 Å². The van der Waals surface area contributed by atoms with Crippen LogP contribution in [0.4, 0.5) is 5.69 Å². The number of hydrogen-bond acceptors (Lipinski definition) is 6. The minimum absolute atomic E-state index is 0.0525. The SMILES string of the molecule is CCc1ccc(NC(=O)Cn2cc(-c3nc(-c4ccc(Cl)cc4)no3)c(=O)c3ccc(C)nc32)cc1. The van der Waals surface area contributed by atoms with E-state index in [2.05, 4.69) is 27.4 Å². The van der Waals surface area contributed by atoms with Crippen molar-refractivity contribution in [2.24, 2.45) is 0 Å². The van der Waals surface area contributed by atoms with Gasteiger partial charge in [-0.1, -0.05) is 35.8 Å². The maximum Gasteiger partial charge on any atom is 0.263 e. The Labute approximate surface area is 211 Å². The second-order valence-electron chi connectivity index (χ2n) is 8.35. The average Bonchev–Trinajstić information content (AvgIpc) is 3.36. The highest BCUT2D eigenvalue weighted by Gasteiger charge is 2.19. The van der Waals surface area contributed by atoms with Crippen LogP contribution in [-0.4, -0.2) is 25.6 Å². The number of pyridine rings is 2. The number of amides is 1. The van der Waals surface area contributed by atoms with E-state index in [0.29, 0.717) is 33.1 Å². The van der Waals surface area contributed by atoms with Crippen LogP contribution in [0.5, 0.6) is 0 Å². The van der Waals surface area contributed by atoms with Crippen molar-refractivity contribution in [1.82, 2.24) is 19.7 Å². The lowest BCUT2D eigenvalue weighted by atomic mass is 10.1. The van der Waals surface area contributed by atoms with Crippen LogP contribution in [0.3, 0.4) is 0 Å². The zero-order chi connectivity index (χ0) is 25.2. The topological polar surface area (TPSA) is 103 Å². The van der Waals surface area contributed by atoms with E-state index in [1.54, 1.807) is 41.0 Å². The number of aromatic nitrogens is 4. The lowest BCUT2D eigenvalue weighted by Gasteiger charge is -2.12. The first-order valence-electron chi connectivity index (χ1n) is 11.4. The minimum Gasteiger partial charge on any atom is -0.333 e. The van der Waals surface area contributed by atoms with Gasteiger partial charge < -0.3 is 14.4 Å². The summed E-state index contributed by atoms with van der Waals surface area (Å²) in [7, 11) is 0. The van der Waals surface area contributed by atoms with E-state index in [4.69, 9.17) is 16.1 Å². The molecule has 3 heterocycles. The first kappa shape index (κ1) is 23.4. The van der Waals surface area contributed by atoms with Gasteiger partial charge in [0.2, 0.25) is 17.2 Å². The molecule has 0 atom stereocenters. The highest BCUT2D eigenvalue weighted by Crippen LogP contribution is 2.23. The summed E-state index contributed by atoms with van der Waals surface area (Å²) in [5.74, 6) is 0.116. The number of rotatable bonds is 6. The average molecular weight is 500 g/mol. The van der Waals surface area contributed by atoms with E-state index in [9.17, 15) is 9.59 Å². The number of carbonyl (C=O) groups is 1. The summed E-state index contributed by atoms with van der Waals surface area (Å²) in [6, 6.07) is 18.1. The van der Waals surface area contributed by atoms with Gasteiger partial charge in [0.1, 0.15) is 17.8 Å². The predicted molar refractivity (Wildman–Crippen MR) is 139 cm³/mol. The zero-order valence-corrected chi connectivity index (χ0v) is 20.4. The first-order valence-corrected chi connectivity index (χ1v) is 11.8. The highest BCUT2D eigenvalue weighted by molar-refractivity contribution is 6.30. The second-order valence-corrected chi connectivity index (χ2v) is 8.79. The van der Waals surface area contributed by atoms with E-state index < -0.39 is 0 Å². The van der Waals surface area contributed by atoms with Crippen molar-refractivity contribution in [1.29, 1.82) is 0 Å². The van der Waals surface area contributed by atoms with Gasteiger partial charge in [0.05, 0.1) is 5.39 Å². The number of fused-ring (bicyclic) bond motifs is 1. The van der Waals surface area contributed by atoms with Crippen LogP contribution in [0.2, 0.25) is 5.02 Å². The molecule has 0 aliphatic heterocycles. The molecule has 0 aliphatic rings. The maximum absolute atomic E-state index is 13.3. The molecule has 0 fully saturated rings. The standard InChI is InChI=1S/C27H22ClN5O3/c1-3-17-5-11-20(12-6-17)30-23(34)15-33-14-22(24(35)21-13-4-16(2)29-26(21)33)27-31-25(32-36-27)18-7-9-19(28)10-8-18/h4-14H,3,15H2,1-2H3,(H,30,34). The van der Waals surface area contributed by atoms with Gasteiger partial charge in [-0.3, -0.25) is 9.59 Å². The highest BCUT2D eigenvalue weighted by atomic mass is 35.5. The number of anilines is 1. The van der Waals surface area contributed by atoms with Crippen molar-refractivity contribution in [3.05, 3.63) is 93.4 Å².